The topological polar surface area (TPSA) is 78.4 Å². The lowest BCUT2D eigenvalue weighted by molar-refractivity contribution is -0.131. The first-order chi connectivity index (χ1) is 8.97. The predicted molar refractivity (Wildman–Crippen MR) is 72.9 cm³/mol. The number of hydrogen-bond acceptors (Lipinski definition) is 2. The van der Waals surface area contributed by atoms with Crippen molar-refractivity contribution in [3.05, 3.63) is 35.9 Å². The maximum atomic E-state index is 11.7. The summed E-state index contributed by atoms with van der Waals surface area (Å²) in [6.45, 7) is 2.00. The van der Waals surface area contributed by atoms with Crippen molar-refractivity contribution >= 4 is 23.8 Å². The number of amides is 2. The van der Waals surface area contributed by atoms with E-state index in [1.807, 2.05) is 6.92 Å². The molecular formula is C14H16N2O3. The van der Waals surface area contributed by atoms with E-state index >= 15 is 0 Å². The minimum absolute atomic E-state index is 0.0646. The summed E-state index contributed by atoms with van der Waals surface area (Å²) >= 11 is 0. The van der Waals surface area contributed by atoms with Gasteiger partial charge in [0.05, 0.1) is 0 Å². The molecule has 0 radical (unpaired) electrons. The molecule has 1 aromatic rings. The van der Waals surface area contributed by atoms with Crippen molar-refractivity contribution in [3.63, 3.8) is 0 Å². The van der Waals surface area contributed by atoms with Crippen LogP contribution in [0, 0.1) is 0 Å². The number of urea groups is 1. The fraction of sp³-hybridized carbons (Fsp3) is 0.286. The van der Waals surface area contributed by atoms with Gasteiger partial charge in [0.15, 0.2) is 0 Å². The fourth-order valence-corrected chi connectivity index (χ4v) is 1.64. The Hall–Kier alpha value is -2.30. The molecule has 0 saturated heterocycles. The predicted octanol–water partition coefficient (Wildman–Crippen LogP) is 2.46. The summed E-state index contributed by atoms with van der Waals surface area (Å²) in [7, 11) is 0. The van der Waals surface area contributed by atoms with Gasteiger partial charge in [0.2, 0.25) is 0 Å². The van der Waals surface area contributed by atoms with Crippen LogP contribution in [0.2, 0.25) is 0 Å². The Bertz CT molecular complexity index is 533. The molecule has 19 heavy (non-hydrogen) atoms. The zero-order valence-electron chi connectivity index (χ0n) is 10.6. The maximum Gasteiger partial charge on any atom is 0.328 e. The van der Waals surface area contributed by atoms with E-state index in [4.69, 9.17) is 5.11 Å². The van der Waals surface area contributed by atoms with E-state index in [1.165, 1.54) is 6.08 Å². The Morgan fingerprint density at radius 3 is 2.74 bits per heavy atom. The van der Waals surface area contributed by atoms with Crippen molar-refractivity contribution in [1.82, 2.24) is 5.32 Å². The van der Waals surface area contributed by atoms with Gasteiger partial charge >= 0.3 is 12.0 Å². The summed E-state index contributed by atoms with van der Waals surface area (Å²) in [5, 5.41) is 14.2. The first kappa shape index (κ1) is 13.1. The van der Waals surface area contributed by atoms with Gasteiger partial charge in [0.25, 0.3) is 0 Å². The number of anilines is 1. The lowest BCUT2D eigenvalue weighted by Crippen LogP contribution is -2.37. The standard InChI is InChI=1S/C14H16N2O3/c1-14(7-8-14)16-13(19)15-11-4-2-3-10(9-11)5-6-12(17)18/h2-6,9H,7-8H2,1H3,(H,17,18)(H2,15,16,19)/b6-5+. The molecule has 1 aliphatic carbocycles. The molecule has 0 aliphatic heterocycles. The van der Waals surface area contributed by atoms with Gasteiger partial charge in [-0.25, -0.2) is 9.59 Å². The van der Waals surface area contributed by atoms with Crippen LogP contribution in [0.5, 0.6) is 0 Å². The third kappa shape index (κ3) is 4.13. The highest BCUT2D eigenvalue weighted by Gasteiger charge is 2.38. The second-order valence-corrected chi connectivity index (χ2v) is 4.94. The van der Waals surface area contributed by atoms with Crippen LogP contribution in [0.25, 0.3) is 6.08 Å². The number of carbonyl (C=O) groups excluding carboxylic acids is 1. The number of carboxylic acids is 1. The molecule has 0 spiro atoms. The van der Waals surface area contributed by atoms with Gasteiger partial charge in [-0.3, -0.25) is 0 Å². The molecule has 0 bridgehead atoms. The van der Waals surface area contributed by atoms with Gasteiger partial charge in [-0.1, -0.05) is 12.1 Å². The van der Waals surface area contributed by atoms with Crippen molar-refractivity contribution in [1.29, 1.82) is 0 Å². The summed E-state index contributed by atoms with van der Waals surface area (Å²) in [5.74, 6) is -1.00. The Balaban J connectivity index is 1.98. The minimum Gasteiger partial charge on any atom is -0.478 e. The quantitative estimate of drug-likeness (QED) is 0.728. The molecule has 1 saturated carbocycles. The van der Waals surface area contributed by atoms with Gasteiger partial charge in [0, 0.05) is 17.3 Å². The second-order valence-electron chi connectivity index (χ2n) is 4.94. The Kier molecular flexibility index (Phi) is 3.55. The van der Waals surface area contributed by atoms with Crippen LogP contribution in [0.15, 0.2) is 30.3 Å². The monoisotopic (exact) mass is 260 g/mol. The van der Waals surface area contributed by atoms with Crippen molar-refractivity contribution in [2.75, 3.05) is 5.32 Å². The number of nitrogens with one attached hydrogen (secondary N) is 2. The highest BCUT2D eigenvalue weighted by molar-refractivity contribution is 5.91. The highest BCUT2D eigenvalue weighted by Crippen LogP contribution is 2.34. The average molecular weight is 260 g/mol. The van der Waals surface area contributed by atoms with E-state index in [0.29, 0.717) is 5.69 Å². The van der Waals surface area contributed by atoms with E-state index in [0.717, 1.165) is 24.5 Å². The molecule has 3 N–H and O–H groups in total. The van der Waals surface area contributed by atoms with Gasteiger partial charge < -0.3 is 15.7 Å². The number of hydrogen-bond donors (Lipinski definition) is 3. The van der Waals surface area contributed by atoms with Crippen LogP contribution in [-0.2, 0) is 4.79 Å². The molecule has 5 heteroatoms. The van der Waals surface area contributed by atoms with Crippen LogP contribution in [0.3, 0.4) is 0 Å². The van der Waals surface area contributed by atoms with Crippen LogP contribution in [0.1, 0.15) is 25.3 Å². The van der Waals surface area contributed by atoms with E-state index in [-0.39, 0.29) is 11.6 Å². The maximum absolute atomic E-state index is 11.7. The Morgan fingerprint density at radius 2 is 2.11 bits per heavy atom. The number of carbonyl (C=O) groups is 2. The molecular weight excluding hydrogens is 244 g/mol. The van der Waals surface area contributed by atoms with Crippen LogP contribution in [-0.4, -0.2) is 22.6 Å². The van der Waals surface area contributed by atoms with Crippen LogP contribution >= 0.6 is 0 Å². The van der Waals surface area contributed by atoms with Crippen molar-refractivity contribution in [2.45, 2.75) is 25.3 Å². The van der Waals surface area contributed by atoms with E-state index in [9.17, 15) is 9.59 Å². The molecule has 0 unspecified atom stereocenters. The summed E-state index contributed by atoms with van der Waals surface area (Å²) in [6.07, 6.45) is 4.54. The minimum atomic E-state index is -1.00. The molecule has 0 aromatic heterocycles. The first-order valence-corrected chi connectivity index (χ1v) is 6.07. The summed E-state index contributed by atoms with van der Waals surface area (Å²) < 4.78 is 0. The zero-order chi connectivity index (χ0) is 13.9. The molecule has 1 aliphatic rings. The van der Waals surface area contributed by atoms with Gasteiger partial charge in [-0.15, -0.1) is 0 Å². The van der Waals surface area contributed by atoms with Gasteiger partial charge in [-0.05, 0) is 43.5 Å². The SMILES string of the molecule is CC1(NC(=O)Nc2cccc(/C=C/C(=O)O)c2)CC1. The summed E-state index contributed by atoms with van der Waals surface area (Å²) in [4.78, 5) is 22.1. The van der Waals surface area contributed by atoms with Gasteiger partial charge in [0.1, 0.15) is 0 Å². The van der Waals surface area contributed by atoms with E-state index in [1.54, 1.807) is 24.3 Å². The van der Waals surface area contributed by atoms with Crippen molar-refractivity contribution in [2.24, 2.45) is 0 Å². The van der Waals surface area contributed by atoms with Crippen LogP contribution < -0.4 is 10.6 Å². The molecule has 2 amide bonds. The third-order valence-electron chi connectivity index (χ3n) is 2.98. The number of aliphatic carboxylic acids is 1. The molecule has 0 atom stereocenters. The fourth-order valence-electron chi connectivity index (χ4n) is 1.64. The second kappa shape index (κ2) is 5.14. The van der Waals surface area contributed by atoms with E-state index < -0.39 is 5.97 Å². The highest BCUT2D eigenvalue weighted by atomic mass is 16.4. The number of rotatable bonds is 4. The molecule has 1 aromatic carbocycles. The van der Waals surface area contributed by atoms with Crippen molar-refractivity contribution in [3.8, 4) is 0 Å². The smallest absolute Gasteiger partial charge is 0.328 e. The lowest BCUT2D eigenvalue weighted by atomic mass is 10.2. The largest absolute Gasteiger partial charge is 0.478 e. The molecule has 100 valence electrons. The van der Waals surface area contributed by atoms with Crippen molar-refractivity contribution < 1.29 is 14.7 Å². The number of benzene rings is 1. The molecule has 2 rings (SSSR count). The van der Waals surface area contributed by atoms with E-state index in [2.05, 4.69) is 10.6 Å². The molecule has 0 heterocycles. The Morgan fingerprint density at radius 1 is 1.37 bits per heavy atom. The lowest BCUT2D eigenvalue weighted by Gasteiger charge is -2.12. The molecule has 5 nitrogen and oxygen atoms in total. The van der Waals surface area contributed by atoms with Gasteiger partial charge in [-0.2, -0.15) is 0 Å². The third-order valence-corrected chi connectivity index (χ3v) is 2.98. The normalized spacial score (nSPS) is 16.1. The number of carboxylic acid groups (broad SMARTS) is 1. The zero-order valence-corrected chi connectivity index (χ0v) is 10.6. The Labute approximate surface area is 111 Å². The average Bonchev–Trinajstić information content (AvgIpc) is 3.04. The van der Waals surface area contributed by atoms with Crippen LogP contribution in [0.4, 0.5) is 10.5 Å². The first-order valence-electron chi connectivity index (χ1n) is 6.07. The molecule has 1 fully saturated rings. The summed E-state index contributed by atoms with van der Waals surface area (Å²) in [5.41, 5.74) is 1.29. The summed E-state index contributed by atoms with van der Waals surface area (Å²) in [6, 6.07) is 6.77.